The van der Waals surface area contributed by atoms with Crippen molar-refractivity contribution in [2.45, 2.75) is 13.3 Å². The van der Waals surface area contributed by atoms with Crippen LogP contribution in [0.4, 0.5) is 4.39 Å². The standard InChI is InChI=1S/C30H32FN5O2/c1-4-24(26-8-5-6-17-33-26)29(22-12-15-27-25(20-22)30(31)35-34-27)21-10-13-23(14-11-21)38-19-18-32-16-7-9-28(37)36(2)3/h5-15,17,20,32H,4,16,18-19H2,1-3H3,(H,34,35). The fraction of sp³-hybridized carbons (Fsp3) is 0.233. The van der Waals surface area contributed by atoms with Gasteiger partial charge in [-0.2, -0.15) is 9.49 Å². The van der Waals surface area contributed by atoms with Gasteiger partial charge >= 0.3 is 0 Å². The maximum atomic E-state index is 14.3. The van der Waals surface area contributed by atoms with Crippen LogP contribution in [0.15, 0.2) is 79.0 Å². The number of pyridine rings is 1. The highest BCUT2D eigenvalue weighted by molar-refractivity contribution is 5.99. The predicted octanol–water partition coefficient (Wildman–Crippen LogP) is 5.08. The minimum atomic E-state index is -0.450. The quantitative estimate of drug-likeness (QED) is 0.216. The number of likely N-dealkylation sites (N-methyl/N-ethyl adjacent to an activating group) is 1. The molecule has 0 bridgehead atoms. The summed E-state index contributed by atoms with van der Waals surface area (Å²) in [6, 6.07) is 19.4. The lowest BCUT2D eigenvalue weighted by molar-refractivity contribution is -0.123. The molecule has 0 saturated carbocycles. The van der Waals surface area contributed by atoms with Crippen molar-refractivity contribution in [1.29, 1.82) is 0 Å². The van der Waals surface area contributed by atoms with Crippen LogP contribution in [-0.4, -0.2) is 59.8 Å². The van der Waals surface area contributed by atoms with E-state index in [-0.39, 0.29) is 5.91 Å². The molecule has 196 valence electrons. The molecule has 0 unspecified atom stereocenters. The van der Waals surface area contributed by atoms with Gasteiger partial charge in [-0.15, -0.1) is 0 Å². The van der Waals surface area contributed by atoms with E-state index >= 15 is 0 Å². The van der Waals surface area contributed by atoms with Gasteiger partial charge in [-0.05, 0) is 65.1 Å². The molecule has 0 spiro atoms. The van der Waals surface area contributed by atoms with Gasteiger partial charge in [0.25, 0.3) is 0 Å². The smallest absolute Gasteiger partial charge is 0.245 e. The van der Waals surface area contributed by atoms with E-state index in [2.05, 4.69) is 27.4 Å². The van der Waals surface area contributed by atoms with Crippen LogP contribution in [0.1, 0.15) is 30.2 Å². The summed E-state index contributed by atoms with van der Waals surface area (Å²) in [5, 5.41) is 10.1. The largest absolute Gasteiger partial charge is 0.492 e. The number of H-pyrrole nitrogens is 1. The van der Waals surface area contributed by atoms with Gasteiger partial charge in [0.2, 0.25) is 11.9 Å². The number of hydrogen-bond donors (Lipinski definition) is 2. The minimum Gasteiger partial charge on any atom is -0.492 e. The first-order chi connectivity index (χ1) is 18.5. The lowest BCUT2D eigenvalue weighted by Crippen LogP contribution is -2.22. The number of hydrogen-bond acceptors (Lipinski definition) is 5. The molecule has 0 fully saturated rings. The number of nitrogens with one attached hydrogen (secondary N) is 2. The zero-order valence-electron chi connectivity index (χ0n) is 21.9. The highest BCUT2D eigenvalue weighted by atomic mass is 19.1. The van der Waals surface area contributed by atoms with Crippen molar-refractivity contribution >= 4 is 28.0 Å². The number of allylic oxidation sites excluding steroid dienone is 1. The lowest BCUT2D eigenvalue weighted by atomic mass is 9.89. The Labute approximate surface area is 222 Å². The SMILES string of the molecule is CCC(=C(c1ccc(OCCNCC=CC(=O)N(C)C)cc1)c1ccc2n[nH]c(F)c2c1)c1ccccn1. The Kier molecular flexibility index (Phi) is 9.00. The predicted molar refractivity (Wildman–Crippen MR) is 149 cm³/mol. The van der Waals surface area contributed by atoms with Crippen molar-refractivity contribution in [3.8, 4) is 5.75 Å². The Bertz CT molecular complexity index is 1430. The van der Waals surface area contributed by atoms with Gasteiger partial charge in [-0.3, -0.25) is 14.9 Å². The summed E-state index contributed by atoms with van der Waals surface area (Å²) in [6.07, 6.45) is 5.87. The third-order valence-corrected chi connectivity index (χ3v) is 6.08. The molecular formula is C30H32FN5O2. The van der Waals surface area contributed by atoms with Crippen molar-refractivity contribution in [3.63, 3.8) is 0 Å². The van der Waals surface area contributed by atoms with Crippen LogP contribution in [-0.2, 0) is 4.79 Å². The molecule has 1 amide bonds. The number of carbonyl (C=O) groups is 1. The summed E-state index contributed by atoms with van der Waals surface area (Å²) < 4.78 is 20.2. The molecule has 0 atom stereocenters. The molecule has 2 aromatic carbocycles. The van der Waals surface area contributed by atoms with E-state index < -0.39 is 5.95 Å². The molecule has 4 rings (SSSR count). The zero-order valence-corrected chi connectivity index (χ0v) is 21.9. The molecular weight excluding hydrogens is 481 g/mol. The number of rotatable bonds is 11. The van der Waals surface area contributed by atoms with Gasteiger partial charge in [0.15, 0.2) is 0 Å². The summed E-state index contributed by atoms with van der Waals surface area (Å²) in [5.74, 6) is 0.260. The maximum Gasteiger partial charge on any atom is 0.245 e. The van der Waals surface area contributed by atoms with Gasteiger partial charge in [0, 0.05) is 39.5 Å². The minimum absolute atomic E-state index is 0.0411. The van der Waals surface area contributed by atoms with Crippen LogP contribution in [0.2, 0.25) is 0 Å². The van der Waals surface area contributed by atoms with Crippen LogP contribution in [0.3, 0.4) is 0 Å². The molecule has 0 aliphatic rings. The van der Waals surface area contributed by atoms with Crippen LogP contribution < -0.4 is 10.1 Å². The lowest BCUT2D eigenvalue weighted by Gasteiger charge is -2.16. The molecule has 2 N–H and O–H groups in total. The van der Waals surface area contributed by atoms with E-state index in [0.29, 0.717) is 30.6 Å². The van der Waals surface area contributed by atoms with Crippen molar-refractivity contribution in [1.82, 2.24) is 25.4 Å². The summed E-state index contributed by atoms with van der Waals surface area (Å²) in [6.45, 7) is 3.81. The van der Waals surface area contributed by atoms with Gasteiger partial charge in [-0.25, -0.2) is 0 Å². The van der Waals surface area contributed by atoms with E-state index in [0.717, 1.165) is 40.1 Å². The van der Waals surface area contributed by atoms with E-state index in [1.807, 2.05) is 60.7 Å². The molecule has 8 heteroatoms. The normalized spacial score (nSPS) is 12.1. The Morgan fingerprint density at radius 1 is 1.11 bits per heavy atom. The first kappa shape index (κ1) is 26.8. The molecule has 7 nitrogen and oxygen atoms in total. The van der Waals surface area contributed by atoms with E-state index in [4.69, 9.17) is 4.74 Å². The van der Waals surface area contributed by atoms with Crippen molar-refractivity contribution in [2.75, 3.05) is 33.8 Å². The molecule has 0 saturated heterocycles. The highest BCUT2D eigenvalue weighted by Gasteiger charge is 2.16. The van der Waals surface area contributed by atoms with Crippen LogP contribution >= 0.6 is 0 Å². The summed E-state index contributed by atoms with van der Waals surface area (Å²) in [4.78, 5) is 17.7. The molecule has 0 aliphatic carbocycles. The van der Waals surface area contributed by atoms with Crippen LogP contribution in [0.5, 0.6) is 5.75 Å². The van der Waals surface area contributed by atoms with E-state index in [1.54, 1.807) is 32.4 Å². The first-order valence-electron chi connectivity index (χ1n) is 12.6. The fourth-order valence-corrected chi connectivity index (χ4v) is 4.13. The number of benzene rings is 2. The van der Waals surface area contributed by atoms with Gasteiger partial charge < -0.3 is 15.0 Å². The fourth-order valence-electron chi connectivity index (χ4n) is 4.13. The van der Waals surface area contributed by atoms with Gasteiger partial charge in [-0.1, -0.05) is 37.3 Å². The number of aromatic nitrogens is 3. The highest BCUT2D eigenvalue weighted by Crippen LogP contribution is 2.35. The average molecular weight is 514 g/mol. The summed E-state index contributed by atoms with van der Waals surface area (Å²) >= 11 is 0. The van der Waals surface area contributed by atoms with E-state index in [1.165, 1.54) is 4.90 Å². The monoisotopic (exact) mass is 513 g/mol. The van der Waals surface area contributed by atoms with E-state index in [9.17, 15) is 9.18 Å². The van der Waals surface area contributed by atoms with Crippen LogP contribution in [0.25, 0.3) is 22.0 Å². The molecule has 2 aromatic heterocycles. The molecule has 0 aliphatic heterocycles. The number of ether oxygens (including phenoxy) is 1. The summed E-state index contributed by atoms with van der Waals surface area (Å²) in [5.41, 5.74) is 5.38. The number of nitrogens with zero attached hydrogens (tertiary/aromatic N) is 3. The Balaban J connectivity index is 1.53. The van der Waals surface area contributed by atoms with Crippen molar-refractivity contribution in [2.24, 2.45) is 0 Å². The molecule has 2 heterocycles. The topological polar surface area (TPSA) is 83.1 Å². The molecule has 38 heavy (non-hydrogen) atoms. The number of carbonyl (C=O) groups excluding carboxylic acids is 1. The number of amides is 1. The number of aromatic amines is 1. The second kappa shape index (κ2) is 12.8. The van der Waals surface area contributed by atoms with Gasteiger partial charge in [0.05, 0.1) is 16.6 Å². The number of halogens is 1. The average Bonchev–Trinajstić information content (AvgIpc) is 3.31. The Hall–Kier alpha value is -4.30. The molecule has 4 aromatic rings. The Morgan fingerprint density at radius 2 is 1.89 bits per heavy atom. The van der Waals surface area contributed by atoms with Crippen molar-refractivity contribution in [3.05, 3.63) is 102 Å². The maximum absolute atomic E-state index is 14.3. The first-order valence-corrected chi connectivity index (χ1v) is 12.6. The summed E-state index contributed by atoms with van der Waals surface area (Å²) in [7, 11) is 3.44. The number of fused-ring (bicyclic) bond motifs is 1. The third-order valence-electron chi connectivity index (χ3n) is 6.08. The van der Waals surface area contributed by atoms with Crippen LogP contribution in [0, 0.1) is 5.95 Å². The van der Waals surface area contributed by atoms with Gasteiger partial charge in [0.1, 0.15) is 12.4 Å². The molecule has 0 radical (unpaired) electrons. The third kappa shape index (κ3) is 6.52. The zero-order chi connectivity index (χ0) is 26.9. The second-order valence-electron chi connectivity index (χ2n) is 8.90. The second-order valence-corrected chi connectivity index (χ2v) is 8.90. The van der Waals surface area contributed by atoms with Crippen molar-refractivity contribution < 1.29 is 13.9 Å². The Morgan fingerprint density at radius 3 is 2.61 bits per heavy atom.